The Hall–Kier alpha value is -0.770. The van der Waals surface area contributed by atoms with Crippen LogP contribution in [0.4, 0.5) is 5.69 Å². The second kappa shape index (κ2) is 5.47. The highest BCUT2D eigenvalue weighted by atomic mass is 35.5. The van der Waals surface area contributed by atoms with Gasteiger partial charge in [0.2, 0.25) is 0 Å². The van der Waals surface area contributed by atoms with Gasteiger partial charge in [-0.2, -0.15) is 0 Å². The van der Waals surface area contributed by atoms with Crippen LogP contribution in [0.25, 0.3) is 0 Å². The normalized spacial score (nSPS) is 19.0. The van der Waals surface area contributed by atoms with Gasteiger partial charge >= 0.3 is 0 Å². The summed E-state index contributed by atoms with van der Waals surface area (Å²) in [6, 6.07) is 6.00. The fraction of sp³-hybridized carbons (Fsp3) is 0.571. The van der Waals surface area contributed by atoms with E-state index in [4.69, 9.17) is 11.6 Å². The molecule has 0 aliphatic carbocycles. The number of nitrogens with zero attached hydrogens (tertiary/aromatic N) is 1. The number of aliphatic hydroxyl groups is 1. The van der Waals surface area contributed by atoms with Crippen LogP contribution in [0.3, 0.4) is 0 Å². The average Bonchev–Trinajstić information content (AvgIpc) is 2.34. The van der Waals surface area contributed by atoms with E-state index in [0.717, 1.165) is 36.5 Å². The van der Waals surface area contributed by atoms with Gasteiger partial charge in [-0.1, -0.05) is 17.7 Å². The van der Waals surface area contributed by atoms with Crippen LogP contribution >= 0.6 is 11.6 Å². The molecular weight excluding hydrogens is 248 g/mol. The summed E-state index contributed by atoms with van der Waals surface area (Å²) in [5.74, 6) is 0. The Labute approximate surface area is 114 Å². The van der Waals surface area contributed by atoms with Crippen molar-refractivity contribution in [3.63, 3.8) is 0 Å². The summed E-state index contributed by atoms with van der Waals surface area (Å²) < 4.78 is 0. The Balaban J connectivity index is 2.08. The molecule has 3 nitrogen and oxygen atoms in total. The Kier molecular flexibility index (Phi) is 4.15. The number of anilines is 1. The van der Waals surface area contributed by atoms with Crippen molar-refractivity contribution in [2.75, 3.05) is 31.6 Å². The third-order valence-electron chi connectivity index (χ3n) is 3.78. The minimum Gasteiger partial charge on any atom is -0.388 e. The molecule has 18 heavy (non-hydrogen) atoms. The predicted molar refractivity (Wildman–Crippen MR) is 76.5 cm³/mol. The van der Waals surface area contributed by atoms with E-state index in [9.17, 15) is 5.11 Å². The van der Waals surface area contributed by atoms with Crippen LogP contribution in [0.5, 0.6) is 0 Å². The molecule has 0 amide bonds. The van der Waals surface area contributed by atoms with Gasteiger partial charge in [0.1, 0.15) is 0 Å². The highest BCUT2D eigenvalue weighted by Gasteiger charge is 2.31. The van der Waals surface area contributed by atoms with Crippen molar-refractivity contribution in [2.45, 2.75) is 25.4 Å². The van der Waals surface area contributed by atoms with E-state index in [1.54, 1.807) is 0 Å². The number of benzene rings is 1. The standard InChI is InChI=1S/C14H21ClN2O/c1-11-12(15)4-3-5-13(11)17-8-6-14(18,7-9-17)10-16-2/h3-5,16,18H,6-10H2,1-2H3. The first-order valence-electron chi connectivity index (χ1n) is 6.43. The number of hydrogen-bond donors (Lipinski definition) is 2. The molecule has 1 aliphatic heterocycles. The van der Waals surface area contributed by atoms with Crippen LogP contribution in [0.1, 0.15) is 18.4 Å². The summed E-state index contributed by atoms with van der Waals surface area (Å²) in [5.41, 5.74) is 1.75. The van der Waals surface area contributed by atoms with Gasteiger partial charge in [-0.3, -0.25) is 0 Å². The molecule has 1 aliphatic rings. The average molecular weight is 269 g/mol. The van der Waals surface area contributed by atoms with Crippen molar-refractivity contribution >= 4 is 17.3 Å². The molecular formula is C14H21ClN2O. The van der Waals surface area contributed by atoms with E-state index in [0.29, 0.717) is 6.54 Å². The minimum atomic E-state index is -0.558. The SMILES string of the molecule is CNCC1(O)CCN(c2cccc(Cl)c2C)CC1. The fourth-order valence-electron chi connectivity index (χ4n) is 2.61. The summed E-state index contributed by atoms with van der Waals surface area (Å²) >= 11 is 6.15. The Morgan fingerprint density at radius 3 is 2.67 bits per heavy atom. The van der Waals surface area contributed by atoms with Gasteiger partial charge in [-0.05, 0) is 44.5 Å². The first-order chi connectivity index (χ1) is 8.56. The summed E-state index contributed by atoms with van der Waals surface area (Å²) in [6.07, 6.45) is 1.58. The van der Waals surface area contributed by atoms with E-state index in [2.05, 4.69) is 16.3 Å². The van der Waals surface area contributed by atoms with Gasteiger partial charge in [0.25, 0.3) is 0 Å². The van der Waals surface area contributed by atoms with Gasteiger partial charge in [-0.25, -0.2) is 0 Å². The van der Waals surface area contributed by atoms with Crippen molar-refractivity contribution in [1.82, 2.24) is 5.32 Å². The van der Waals surface area contributed by atoms with E-state index >= 15 is 0 Å². The zero-order chi connectivity index (χ0) is 13.2. The molecule has 100 valence electrons. The van der Waals surface area contributed by atoms with Gasteiger partial charge in [0, 0.05) is 30.3 Å². The molecule has 0 radical (unpaired) electrons. The maximum atomic E-state index is 10.3. The molecule has 2 N–H and O–H groups in total. The quantitative estimate of drug-likeness (QED) is 0.882. The smallest absolute Gasteiger partial charge is 0.0805 e. The molecule has 0 atom stereocenters. The molecule has 1 aromatic rings. The molecule has 0 saturated carbocycles. The minimum absolute atomic E-state index is 0.558. The predicted octanol–water partition coefficient (Wildman–Crippen LogP) is 2.20. The monoisotopic (exact) mass is 268 g/mol. The number of likely N-dealkylation sites (N-methyl/N-ethyl adjacent to an activating group) is 1. The molecule has 4 heteroatoms. The van der Waals surface area contributed by atoms with Gasteiger partial charge in [-0.15, -0.1) is 0 Å². The van der Waals surface area contributed by atoms with Crippen LogP contribution in [0.15, 0.2) is 18.2 Å². The van der Waals surface area contributed by atoms with Crippen LogP contribution in [0, 0.1) is 6.92 Å². The lowest BCUT2D eigenvalue weighted by Crippen LogP contribution is -2.49. The van der Waals surface area contributed by atoms with Gasteiger partial charge in [0.05, 0.1) is 5.60 Å². The molecule has 0 aromatic heterocycles. The van der Waals surface area contributed by atoms with E-state index in [1.165, 1.54) is 5.69 Å². The highest BCUT2D eigenvalue weighted by molar-refractivity contribution is 6.31. The highest BCUT2D eigenvalue weighted by Crippen LogP contribution is 2.31. The number of rotatable bonds is 3. The Bertz CT molecular complexity index is 414. The first-order valence-corrected chi connectivity index (χ1v) is 6.80. The molecule has 1 fully saturated rings. The summed E-state index contributed by atoms with van der Waals surface area (Å²) in [7, 11) is 1.88. The fourth-order valence-corrected chi connectivity index (χ4v) is 2.78. The topological polar surface area (TPSA) is 35.5 Å². The molecule has 0 unspecified atom stereocenters. The molecule has 1 saturated heterocycles. The third kappa shape index (κ3) is 2.79. The van der Waals surface area contributed by atoms with Crippen molar-refractivity contribution in [2.24, 2.45) is 0 Å². The maximum Gasteiger partial charge on any atom is 0.0805 e. The first kappa shape index (κ1) is 13.7. The molecule has 2 rings (SSSR count). The number of hydrogen-bond acceptors (Lipinski definition) is 3. The zero-order valence-corrected chi connectivity index (χ0v) is 11.8. The van der Waals surface area contributed by atoms with Gasteiger partial charge in [0.15, 0.2) is 0 Å². The third-order valence-corrected chi connectivity index (χ3v) is 4.19. The van der Waals surface area contributed by atoms with Crippen molar-refractivity contribution in [3.05, 3.63) is 28.8 Å². The number of piperidine rings is 1. The van der Waals surface area contributed by atoms with E-state index < -0.39 is 5.60 Å². The summed E-state index contributed by atoms with van der Waals surface area (Å²) in [4.78, 5) is 2.31. The van der Waals surface area contributed by atoms with Crippen LogP contribution < -0.4 is 10.2 Å². The lowest BCUT2D eigenvalue weighted by atomic mass is 9.91. The summed E-state index contributed by atoms with van der Waals surface area (Å²) in [5, 5.41) is 14.2. The van der Waals surface area contributed by atoms with E-state index in [1.807, 2.05) is 26.1 Å². The lowest BCUT2D eigenvalue weighted by molar-refractivity contribution is 0.0185. The second-order valence-electron chi connectivity index (χ2n) is 5.13. The Morgan fingerprint density at radius 1 is 1.39 bits per heavy atom. The van der Waals surface area contributed by atoms with Crippen LogP contribution in [-0.2, 0) is 0 Å². The zero-order valence-electron chi connectivity index (χ0n) is 11.0. The van der Waals surface area contributed by atoms with Crippen LogP contribution in [0.2, 0.25) is 5.02 Å². The molecule has 0 spiro atoms. The van der Waals surface area contributed by atoms with Crippen molar-refractivity contribution in [1.29, 1.82) is 0 Å². The van der Waals surface area contributed by atoms with Crippen LogP contribution in [-0.4, -0.2) is 37.4 Å². The van der Waals surface area contributed by atoms with Gasteiger partial charge < -0.3 is 15.3 Å². The second-order valence-corrected chi connectivity index (χ2v) is 5.53. The number of halogens is 1. The lowest BCUT2D eigenvalue weighted by Gasteiger charge is -2.39. The molecule has 1 heterocycles. The largest absolute Gasteiger partial charge is 0.388 e. The molecule has 1 aromatic carbocycles. The number of nitrogens with one attached hydrogen (secondary N) is 1. The molecule has 0 bridgehead atoms. The summed E-state index contributed by atoms with van der Waals surface area (Å²) in [6.45, 7) is 4.46. The Morgan fingerprint density at radius 2 is 2.06 bits per heavy atom. The van der Waals surface area contributed by atoms with E-state index in [-0.39, 0.29) is 0 Å². The van der Waals surface area contributed by atoms with Crippen molar-refractivity contribution in [3.8, 4) is 0 Å². The van der Waals surface area contributed by atoms with Crippen molar-refractivity contribution < 1.29 is 5.11 Å². The maximum absolute atomic E-state index is 10.3.